The third kappa shape index (κ3) is 9.50. The van der Waals surface area contributed by atoms with Crippen LogP contribution in [0.2, 0.25) is 0 Å². The van der Waals surface area contributed by atoms with Gasteiger partial charge in [-0.1, -0.05) is 18.2 Å². The standard InChI is InChI=1S/C20H33N5O3S.HI/c1-3-25(18-8-5-4-6-9-18)14-7-12-22-20(21-2)23-13-10-19(26)24-17-11-15-29(27,28)16-17;/h4-6,8-9,17H,3,7,10-16H2,1-2H3,(H,24,26)(H2,21,22,23);1H. The van der Waals surface area contributed by atoms with Crippen LogP contribution in [0.1, 0.15) is 26.2 Å². The largest absolute Gasteiger partial charge is 0.372 e. The Labute approximate surface area is 197 Å². The Morgan fingerprint density at radius 2 is 1.90 bits per heavy atom. The van der Waals surface area contributed by atoms with Crippen LogP contribution in [0.5, 0.6) is 0 Å². The number of nitrogens with zero attached hydrogens (tertiary/aromatic N) is 2. The molecule has 1 aromatic rings. The number of nitrogens with one attached hydrogen (secondary N) is 3. The van der Waals surface area contributed by atoms with Gasteiger partial charge in [0, 0.05) is 51.4 Å². The number of para-hydroxylation sites is 1. The molecule has 1 aliphatic heterocycles. The molecule has 1 aliphatic rings. The molecule has 0 aliphatic carbocycles. The fraction of sp³-hybridized carbons (Fsp3) is 0.600. The van der Waals surface area contributed by atoms with Crippen molar-refractivity contribution < 1.29 is 13.2 Å². The van der Waals surface area contributed by atoms with Crippen LogP contribution in [-0.4, -0.2) is 71.1 Å². The molecule has 1 heterocycles. The van der Waals surface area contributed by atoms with Gasteiger partial charge in [0.05, 0.1) is 11.5 Å². The number of benzene rings is 1. The number of hydrogen-bond acceptors (Lipinski definition) is 5. The van der Waals surface area contributed by atoms with Crippen LogP contribution in [-0.2, 0) is 14.6 Å². The van der Waals surface area contributed by atoms with Crippen molar-refractivity contribution in [2.24, 2.45) is 4.99 Å². The summed E-state index contributed by atoms with van der Waals surface area (Å²) in [6.45, 7) is 5.25. The summed E-state index contributed by atoms with van der Waals surface area (Å²) >= 11 is 0. The maximum absolute atomic E-state index is 12.0. The Bertz CT molecular complexity index is 774. The second kappa shape index (κ2) is 13.7. The number of amides is 1. The smallest absolute Gasteiger partial charge is 0.222 e. The van der Waals surface area contributed by atoms with Crippen LogP contribution in [0, 0.1) is 0 Å². The van der Waals surface area contributed by atoms with Crippen LogP contribution in [0.25, 0.3) is 0 Å². The quantitative estimate of drug-likeness (QED) is 0.176. The SMILES string of the molecule is CCN(CCCNC(=NC)NCCC(=O)NC1CCS(=O)(=O)C1)c1ccccc1.I. The van der Waals surface area contributed by atoms with Crippen LogP contribution >= 0.6 is 24.0 Å². The molecule has 8 nitrogen and oxygen atoms in total. The van der Waals surface area contributed by atoms with E-state index in [1.54, 1.807) is 7.05 Å². The zero-order valence-corrected chi connectivity index (χ0v) is 20.9. The molecule has 170 valence electrons. The van der Waals surface area contributed by atoms with Gasteiger partial charge in [-0.05, 0) is 31.9 Å². The van der Waals surface area contributed by atoms with Crippen molar-refractivity contribution in [1.29, 1.82) is 0 Å². The van der Waals surface area contributed by atoms with Gasteiger partial charge in [0.25, 0.3) is 0 Å². The van der Waals surface area contributed by atoms with Gasteiger partial charge in [0.15, 0.2) is 15.8 Å². The Morgan fingerprint density at radius 1 is 1.20 bits per heavy atom. The average molecular weight is 551 g/mol. The molecule has 0 saturated carbocycles. The molecule has 0 spiro atoms. The van der Waals surface area contributed by atoms with Gasteiger partial charge in [-0.15, -0.1) is 24.0 Å². The third-order valence-electron chi connectivity index (χ3n) is 4.87. The van der Waals surface area contributed by atoms with E-state index in [0.29, 0.717) is 18.9 Å². The molecule has 3 N–H and O–H groups in total. The Kier molecular flexibility index (Phi) is 12.1. The number of hydrogen-bond donors (Lipinski definition) is 3. The normalized spacial score (nSPS) is 17.7. The predicted molar refractivity (Wildman–Crippen MR) is 134 cm³/mol. The third-order valence-corrected chi connectivity index (χ3v) is 6.63. The summed E-state index contributed by atoms with van der Waals surface area (Å²) in [6, 6.07) is 10.1. The molecule has 10 heteroatoms. The van der Waals surface area contributed by atoms with Gasteiger partial charge in [-0.3, -0.25) is 9.79 Å². The maximum atomic E-state index is 12.0. The molecular formula is C20H34IN5O3S. The highest BCUT2D eigenvalue weighted by Crippen LogP contribution is 2.13. The molecule has 1 saturated heterocycles. The van der Waals surface area contributed by atoms with Crippen molar-refractivity contribution in [3.8, 4) is 0 Å². The highest BCUT2D eigenvalue weighted by Gasteiger charge is 2.28. The van der Waals surface area contributed by atoms with E-state index in [2.05, 4.69) is 44.9 Å². The summed E-state index contributed by atoms with van der Waals surface area (Å²) in [4.78, 5) is 18.5. The highest BCUT2D eigenvalue weighted by molar-refractivity contribution is 14.0. The number of carbonyl (C=O) groups is 1. The zero-order valence-electron chi connectivity index (χ0n) is 17.8. The van der Waals surface area contributed by atoms with Crippen LogP contribution in [0.15, 0.2) is 35.3 Å². The van der Waals surface area contributed by atoms with Crippen LogP contribution in [0.3, 0.4) is 0 Å². The lowest BCUT2D eigenvalue weighted by molar-refractivity contribution is -0.121. The van der Waals surface area contributed by atoms with E-state index in [9.17, 15) is 13.2 Å². The van der Waals surface area contributed by atoms with Crippen molar-refractivity contribution >= 4 is 51.4 Å². The maximum Gasteiger partial charge on any atom is 0.222 e. The minimum absolute atomic E-state index is 0. The topological polar surface area (TPSA) is 103 Å². The van der Waals surface area contributed by atoms with Gasteiger partial charge in [0.1, 0.15) is 0 Å². The molecule has 1 amide bonds. The number of rotatable bonds is 10. The van der Waals surface area contributed by atoms with Crippen molar-refractivity contribution in [2.75, 3.05) is 49.6 Å². The first-order valence-corrected chi connectivity index (χ1v) is 12.0. The molecule has 0 radical (unpaired) electrons. The Hall–Kier alpha value is -1.56. The fourth-order valence-corrected chi connectivity index (χ4v) is 4.98. The lowest BCUT2D eigenvalue weighted by atomic mass is 10.2. The van der Waals surface area contributed by atoms with E-state index in [4.69, 9.17) is 0 Å². The first-order chi connectivity index (χ1) is 13.9. The van der Waals surface area contributed by atoms with E-state index >= 15 is 0 Å². The van der Waals surface area contributed by atoms with E-state index < -0.39 is 9.84 Å². The summed E-state index contributed by atoms with van der Waals surface area (Å²) in [5.41, 5.74) is 1.22. The van der Waals surface area contributed by atoms with E-state index in [1.807, 2.05) is 18.2 Å². The van der Waals surface area contributed by atoms with Gasteiger partial charge >= 0.3 is 0 Å². The van der Waals surface area contributed by atoms with Crippen molar-refractivity contribution in [3.05, 3.63) is 30.3 Å². The minimum Gasteiger partial charge on any atom is -0.372 e. The van der Waals surface area contributed by atoms with E-state index in [-0.39, 0.29) is 53.9 Å². The van der Waals surface area contributed by atoms with Gasteiger partial charge in [0.2, 0.25) is 5.91 Å². The lowest BCUT2D eigenvalue weighted by Gasteiger charge is -2.23. The number of halogens is 1. The first kappa shape index (κ1) is 26.5. The molecule has 1 unspecified atom stereocenters. The molecule has 2 rings (SSSR count). The summed E-state index contributed by atoms with van der Waals surface area (Å²) in [6.07, 6.45) is 1.73. The van der Waals surface area contributed by atoms with Gasteiger partial charge < -0.3 is 20.9 Å². The second-order valence-corrected chi connectivity index (χ2v) is 9.34. The molecule has 30 heavy (non-hydrogen) atoms. The minimum atomic E-state index is -2.98. The number of aliphatic imine (C=N–C) groups is 1. The lowest BCUT2D eigenvalue weighted by Crippen LogP contribution is -2.41. The molecule has 0 aromatic heterocycles. The Morgan fingerprint density at radius 3 is 2.50 bits per heavy atom. The number of anilines is 1. The molecule has 1 fully saturated rings. The molecule has 1 atom stereocenters. The van der Waals surface area contributed by atoms with Crippen LogP contribution in [0.4, 0.5) is 5.69 Å². The van der Waals surface area contributed by atoms with Crippen LogP contribution < -0.4 is 20.9 Å². The summed E-state index contributed by atoms with van der Waals surface area (Å²) < 4.78 is 22.9. The zero-order chi connectivity index (χ0) is 21.1. The number of sulfone groups is 1. The summed E-state index contributed by atoms with van der Waals surface area (Å²) in [5.74, 6) is 0.722. The summed E-state index contributed by atoms with van der Waals surface area (Å²) in [5, 5.41) is 9.17. The number of carbonyl (C=O) groups excluding carboxylic acids is 1. The highest BCUT2D eigenvalue weighted by atomic mass is 127. The van der Waals surface area contributed by atoms with Crippen molar-refractivity contribution in [1.82, 2.24) is 16.0 Å². The Balaban J connectivity index is 0.00000450. The first-order valence-electron chi connectivity index (χ1n) is 10.2. The average Bonchev–Trinajstić information content (AvgIpc) is 3.05. The van der Waals surface area contributed by atoms with Gasteiger partial charge in [-0.25, -0.2) is 8.42 Å². The van der Waals surface area contributed by atoms with Crippen molar-refractivity contribution in [2.45, 2.75) is 32.2 Å². The van der Waals surface area contributed by atoms with E-state index in [1.165, 1.54) is 5.69 Å². The van der Waals surface area contributed by atoms with E-state index in [0.717, 1.165) is 26.1 Å². The molecule has 0 bridgehead atoms. The predicted octanol–water partition coefficient (Wildman–Crippen LogP) is 1.38. The summed E-state index contributed by atoms with van der Waals surface area (Å²) in [7, 11) is -1.29. The monoisotopic (exact) mass is 551 g/mol. The number of guanidine groups is 1. The van der Waals surface area contributed by atoms with Crippen molar-refractivity contribution in [3.63, 3.8) is 0 Å². The second-order valence-electron chi connectivity index (χ2n) is 7.11. The molecular weight excluding hydrogens is 517 g/mol. The molecule has 1 aromatic carbocycles. The van der Waals surface area contributed by atoms with Gasteiger partial charge in [-0.2, -0.15) is 0 Å². The fourth-order valence-electron chi connectivity index (χ4n) is 3.31.